The van der Waals surface area contributed by atoms with E-state index in [9.17, 15) is 9.59 Å². The Hall–Kier alpha value is -2.63. The van der Waals surface area contributed by atoms with Crippen LogP contribution in [0.2, 0.25) is 0 Å². The van der Waals surface area contributed by atoms with Crippen molar-refractivity contribution in [3.63, 3.8) is 0 Å². The molecule has 1 heterocycles. The van der Waals surface area contributed by atoms with Crippen molar-refractivity contribution in [1.29, 1.82) is 0 Å². The van der Waals surface area contributed by atoms with Gasteiger partial charge in [0, 0.05) is 13.5 Å². The first-order valence-corrected chi connectivity index (χ1v) is 6.34. The van der Waals surface area contributed by atoms with E-state index in [4.69, 9.17) is 4.74 Å². The van der Waals surface area contributed by atoms with E-state index in [0.29, 0.717) is 12.2 Å². The fourth-order valence-electron chi connectivity index (χ4n) is 1.98. The summed E-state index contributed by atoms with van der Waals surface area (Å²) in [5.74, 6) is -0.340. The maximum absolute atomic E-state index is 12.2. The lowest BCUT2D eigenvalue weighted by atomic mass is 10.1. The van der Waals surface area contributed by atoms with Gasteiger partial charge in [-0.15, -0.1) is 0 Å². The lowest BCUT2D eigenvalue weighted by Crippen LogP contribution is -2.27. The minimum absolute atomic E-state index is 0.103. The van der Waals surface area contributed by atoms with Gasteiger partial charge in [0.1, 0.15) is 5.82 Å². The Balaban J connectivity index is 2.54. The topological polar surface area (TPSA) is 70.4 Å². The molecule has 1 aromatic heterocycles. The first-order chi connectivity index (χ1) is 10.1. The molecule has 0 aliphatic carbocycles. The van der Waals surface area contributed by atoms with Crippen molar-refractivity contribution in [2.75, 3.05) is 14.2 Å². The molecule has 0 radical (unpaired) electrons. The van der Waals surface area contributed by atoms with E-state index in [-0.39, 0.29) is 11.4 Å². The van der Waals surface area contributed by atoms with Gasteiger partial charge in [-0.25, -0.2) is 9.78 Å². The van der Waals surface area contributed by atoms with Gasteiger partial charge >= 0.3 is 5.97 Å². The smallest absolute Gasteiger partial charge is 0.360 e. The summed E-state index contributed by atoms with van der Waals surface area (Å²) < 4.78 is 11.0. The predicted molar refractivity (Wildman–Crippen MR) is 76.6 cm³/mol. The number of carbonyl (C=O) groups is 1. The summed E-state index contributed by atoms with van der Waals surface area (Å²) in [5.41, 5.74) is 0.467. The Morgan fingerprint density at radius 3 is 2.48 bits per heavy atom. The highest BCUT2D eigenvalue weighted by Gasteiger charge is 2.21. The quantitative estimate of drug-likeness (QED) is 0.790. The molecule has 0 spiro atoms. The zero-order valence-corrected chi connectivity index (χ0v) is 12.1. The largest absolute Gasteiger partial charge is 0.489 e. The van der Waals surface area contributed by atoms with Crippen LogP contribution in [0.4, 0.5) is 0 Å². The zero-order chi connectivity index (χ0) is 15.4. The Morgan fingerprint density at radius 1 is 1.24 bits per heavy atom. The second-order valence-electron chi connectivity index (χ2n) is 4.43. The molecule has 0 fully saturated rings. The van der Waals surface area contributed by atoms with E-state index >= 15 is 0 Å². The van der Waals surface area contributed by atoms with Gasteiger partial charge in [0.05, 0.1) is 14.2 Å². The normalized spacial score (nSPS) is 10.2. The Bertz CT molecular complexity index is 708. The average molecular weight is 288 g/mol. The molecule has 0 amide bonds. The van der Waals surface area contributed by atoms with E-state index in [1.165, 1.54) is 18.8 Å². The number of aromatic nitrogens is 2. The maximum Gasteiger partial charge on any atom is 0.360 e. The van der Waals surface area contributed by atoms with Crippen molar-refractivity contribution in [2.24, 2.45) is 7.05 Å². The number of methoxy groups -OCH3 is 2. The minimum Gasteiger partial charge on any atom is -0.489 e. The van der Waals surface area contributed by atoms with Crippen LogP contribution in [0.15, 0.2) is 35.1 Å². The van der Waals surface area contributed by atoms with Crippen LogP contribution < -0.4 is 10.3 Å². The molecule has 0 bridgehead atoms. The van der Waals surface area contributed by atoms with E-state index in [0.717, 1.165) is 5.56 Å². The monoisotopic (exact) mass is 288 g/mol. The number of ether oxygens (including phenoxy) is 2. The molecule has 2 rings (SSSR count). The summed E-state index contributed by atoms with van der Waals surface area (Å²) >= 11 is 0. The van der Waals surface area contributed by atoms with Crippen LogP contribution in [0.1, 0.15) is 21.9 Å². The highest BCUT2D eigenvalue weighted by Crippen LogP contribution is 2.14. The molecular weight excluding hydrogens is 272 g/mol. The number of benzene rings is 1. The highest BCUT2D eigenvalue weighted by molar-refractivity contribution is 5.90. The van der Waals surface area contributed by atoms with Gasteiger partial charge in [0.15, 0.2) is 5.69 Å². The van der Waals surface area contributed by atoms with Gasteiger partial charge in [-0.2, -0.15) is 0 Å². The SMILES string of the molecule is COC(=O)c1nc(Cc2ccccc2)n(C)c(=O)c1OC. The number of nitrogens with zero attached hydrogens (tertiary/aromatic N) is 2. The number of hydrogen-bond acceptors (Lipinski definition) is 5. The zero-order valence-electron chi connectivity index (χ0n) is 12.1. The Morgan fingerprint density at radius 2 is 1.90 bits per heavy atom. The van der Waals surface area contributed by atoms with Gasteiger partial charge in [0.25, 0.3) is 5.56 Å². The molecular formula is C15H16N2O4. The van der Waals surface area contributed by atoms with E-state index in [2.05, 4.69) is 9.72 Å². The number of hydrogen-bond donors (Lipinski definition) is 0. The second kappa shape index (κ2) is 6.21. The van der Waals surface area contributed by atoms with Gasteiger partial charge < -0.3 is 9.47 Å². The van der Waals surface area contributed by atoms with Crippen LogP contribution in [0, 0.1) is 0 Å². The predicted octanol–water partition coefficient (Wildman–Crippen LogP) is 1.17. The van der Waals surface area contributed by atoms with Crippen LogP contribution in [0.25, 0.3) is 0 Å². The van der Waals surface area contributed by atoms with Gasteiger partial charge in [-0.1, -0.05) is 30.3 Å². The molecule has 0 aliphatic heterocycles. The second-order valence-corrected chi connectivity index (χ2v) is 4.43. The van der Waals surface area contributed by atoms with Gasteiger partial charge in [0.2, 0.25) is 5.75 Å². The molecule has 21 heavy (non-hydrogen) atoms. The van der Waals surface area contributed by atoms with Crippen molar-refractivity contribution >= 4 is 5.97 Å². The fraction of sp³-hybridized carbons (Fsp3) is 0.267. The lowest BCUT2D eigenvalue weighted by molar-refractivity contribution is 0.0588. The summed E-state index contributed by atoms with van der Waals surface area (Å²) in [6, 6.07) is 9.56. The van der Waals surface area contributed by atoms with E-state index < -0.39 is 11.5 Å². The van der Waals surface area contributed by atoms with Crippen molar-refractivity contribution < 1.29 is 14.3 Å². The van der Waals surface area contributed by atoms with Crippen molar-refractivity contribution in [3.8, 4) is 5.75 Å². The molecule has 110 valence electrons. The van der Waals surface area contributed by atoms with Crippen molar-refractivity contribution in [2.45, 2.75) is 6.42 Å². The van der Waals surface area contributed by atoms with E-state index in [1.807, 2.05) is 30.3 Å². The third kappa shape index (κ3) is 2.94. The molecule has 0 saturated heterocycles. The molecule has 0 N–H and O–H groups in total. The number of carbonyl (C=O) groups excluding carboxylic acids is 1. The summed E-state index contributed by atoms with van der Waals surface area (Å²) in [5, 5.41) is 0. The summed E-state index contributed by atoms with van der Waals surface area (Å²) in [4.78, 5) is 28.2. The number of esters is 1. The molecule has 1 aromatic carbocycles. The molecule has 0 atom stereocenters. The maximum atomic E-state index is 12.2. The van der Waals surface area contributed by atoms with Crippen LogP contribution in [0.5, 0.6) is 5.75 Å². The highest BCUT2D eigenvalue weighted by atomic mass is 16.5. The third-order valence-corrected chi connectivity index (χ3v) is 3.13. The molecule has 0 unspecified atom stereocenters. The van der Waals surface area contributed by atoms with Crippen LogP contribution in [-0.4, -0.2) is 29.7 Å². The molecule has 2 aromatic rings. The van der Waals surface area contributed by atoms with E-state index in [1.54, 1.807) is 7.05 Å². The first-order valence-electron chi connectivity index (χ1n) is 6.34. The third-order valence-electron chi connectivity index (χ3n) is 3.13. The van der Waals surface area contributed by atoms with Gasteiger partial charge in [-0.05, 0) is 5.56 Å². The Kier molecular flexibility index (Phi) is 4.37. The molecule has 6 nitrogen and oxygen atoms in total. The van der Waals surface area contributed by atoms with Crippen molar-refractivity contribution in [3.05, 3.63) is 57.8 Å². The minimum atomic E-state index is -0.695. The summed E-state index contributed by atoms with van der Waals surface area (Å²) in [6.07, 6.45) is 0.431. The Labute approximate surface area is 122 Å². The van der Waals surface area contributed by atoms with Gasteiger partial charge in [-0.3, -0.25) is 9.36 Å². The molecule has 0 saturated carbocycles. The first kappa shape index (κ1) is 14.8. The lowest BCUT2D eigenvalue weighted by Gasteiger charge is -2.12. The van der Waals surface area contributed by atoms with Crippen LogP contribution in [-0.2, 0) is 18.2 Å². The fourth-order valence-corrected chi connectivity index (χ4v) is 1.98. The standard InChI is InChI=1S/C15H16N2O4/c1-17-11(9-10-7-5-4-6-8-10)16-12(15(19)21-3)13(20-2)14(17)18/h4-8H,9H2,1-3H3. The average Bonchev–Trinajstić information content (AvgIpc) is 2.52. The molecule has 6 heteroatoms. The number of rotatable bonds is 4. The van der Waals surface area contributed by atoms with Crippen LogP contribution in [0.3, 0.4) is 0 Å². The molecule has 0 aliphatic rings. The van der Waals surface area contributed by atoms with Crippen LogP contribution >= 0.6 is 0 Å². The summed E-state index contributed by atoms with van der Waals surface area (Å²) in [6.45, 7) is 0. The van der Waals surface area contributed by atoms with Crippen molar-refractivity contribution in [1.82, 2.24) is 9.55 Å². The summed E-state index contributed by atoms with van der Waals surface area (Å²) in [7, 11) is 4.15.